The SMILES string of the molecule is C=C/C(=C\C)NC(=O)c1c(C)c(C(=O)C(=O)NC2(COC)COC2)cn1C. The van der Waals surface area contributed by atoms with Gasteiger partial charge in [0.1, 0.15) is 11.2 Å². The molecule has 0 spiro atoms. The lowest BCUT2D eigenvalue weighted by molar-refractivity contribution is -0.135. The van der Waals surface area contributed by atoms with Gasteiger partial charge in [-0.2, -0.15) is 0 Å². The number of methoxy groups -OCH3 is 1. The number of aryl methyl sites for hydroxylation is 1. The minimum Gasteiger partial charge on any atom is -0.382 e. The summed E-state index contributed by atoms with van der Waals surface area (Å²) >= 11 is 0. The Kier molecular flexibility index (Phi) is 6.35. The average Bonchev–Trinajstić information content (AvgIpc) is 2.91. The highest BCUT2D eigenvalue weighted by Gasteiger charge is 2.41. The molecule has 8 nitrogen and oxygen atoms in total. The molecule has 0 saturated carbocycles. The second kappa shape index (κ2) is 8.32. The van der Waals surface area contributed by atoms with Crippen molar-refractivity contribution >= 4 is 17.6 Å². The van der Waals surface area contributed by atoms with Crippen LogP contribution < -0.4 is 10.6 Å². The summed E-state index contributed by atoms with van der Waals surface area (Å²) in [6.45, 7) is 7.86. The molecule has 146 valence electrons. The molecule has 2 N–H and O–H groups in total. The fourth-order valence-electron chi connectivity index (χ4n) is 2.97. The number of hydrogen-bond donors (Lipinski definition) is 2. The lowest BCUT2D eigenvalue weighted by Gasteiger charge is -2.41. The highest BCUT2D eigenvalue weighted by atomic mass is 16.5. The van der Waals surface area contributed by atoms with Gasteiger partial charge in [-0.3, -0.25) is 14.4 Å². The predicted octanol–water partition coefficient (Wildman–Crippen LogP) is 0.867. The highest BCUT2D eigenvalue weighted by molar-refractivity contribution is 6.43. The van der Waals surface area contributed by atoms with Crippen LogP contribution in [0.5, 0.6) is 0 Å². The number of nitrogens with one attached hydrogen (secondary N) is 2. The van der Waals surface area contributed by atoms with E-state index < -0.39 is 17.2 Å². The van der Waals surface area contributed by atoms with Crippen molar-refractivity contribution in [3.63, 3.8) is 0 Å². The molecule has 1 aliphatic rings. The molecule has 1 aliphatic heterocycles. The normalized spacial score (nSPS) is 15.6. The van der Waals surface area contributed by atoms with Crippen molar-refractivity contribution in [1.82, 2.24) is 15.2 Å². The molecule has 1 aromatic rings. The van der Waals surface area contributed by atoms with E-state index in [4.69, 9.17) is 9.47 Å². The van der Waals surface area contributed by atoms with Crippen molar-refractivity contribution in [2.75, 3.05) is 26.9 Å². The Morgan fingerprint density at radius 1 is 1.41 bits per heavy atom. The van der Waals surface area contributed by atoms with E-state index in [0.29, 0.717) is 17.0 Å². The Bertz CT molecular complexity index is 803. The molecule has 1 aromatic heterocycles. The van der Waals surface area contributed by atoms with Crippen LogP contribution in [-0.4, -0.2) is 54.6 Å². The largest absolute Gasteiger partial charge is 0.382 e. The Hall–Kier alpha value is -2.71. The minimum absolute atomic E-state index is 0.175. The molecule has 27 heavy (non-hydrogen) atoms. The fraction of sp³-hybridized carbons (Fsp3) is 0.421. The third-order valence-corrected chi connectivity index (χ3v) is 4.45. The van der Waals surface area contributed by atoms with Gasteiger partial charge in [-0.05, 0) is 25.5 Å². The molecular formula is C19H25N3O5. The number of nitrogens with zero attached hydrogens (tertiary/aromatic N) is 1. The zero-order valence-corrected chi connectivity index (χ0v) is 16.0. The van der Waals surface area contributed by atoms with Crippen LogP contribution in [0.4, 0.5) is 0 Å². The number of amides is 2. The number of allylic oxidation sites excluding steroid dienone is 2. The van der Waals surface area contributed by atoms with Crippen LogP contribution in [0.3, 0.4) is 0 Å². The first-order valence-corrected chi connectivity index (χ1v) is 8.48. The summed E-state index contributed by atoms with van der Waals surface area (Å²) in [4.78, 5) is 37.6. The number of carbonyl (C=O) groups is 3. The van der Waals surface area contributed by atoms with Crippen LogP contribution in [0, 0.1) is 6.92 Å². The zero-order chi connectivity index (χ0) is 20.2. The second-order valence-corrected chi connectivity index (χ2v) is 6.52. The quantitative estimate of drug-likeness (QED) is 0.399. The summed E-state index contributed by atoms with van der Waals surface area (Å²) < 4.78 is 11.8. The van der Waals surface area contributed by atoms with Gasteiger partial charge in [-0.1, -0.05) is 12.7 Å². The molecule has 1 saturated heterocycles. The van der Waals surface area contributed by atoms with Crippen LogP contribution >= 0.6 is 0 Å². The van der Waals surface area contributed by atoms with Gasteiger partial charge in [0, 0.05) is 31.6 Å². The van der Waals surface area contributed by atoms with Crippen LogP contribution in [0.15, 0.2) is 30.6 Å². The van der Waals surface area contributed by atoms with Gasteiger partial charge < -0.3 is 24.7 Å². The van der Waals surface area contributed by atoms with Gasteiger partial charge in [0.25, 0.3) is 17.6 Å². The lowest BCUT2D eigenvalue weighted by Crippen LogP contribution is -2.65. The number of Topliss-reactive ketones (excluding diaryl/α,β-unsaturated/α-hetero) is 1. The Balaban J connectivity index is 2.21. The molecule has 1 fully saturated rings. The number of hydrogen-bond acceptors (Lipinski definition) is 5. The van der Waals surface area contributed by atoms with Gasteiger partial charge in [-0.15, -0.1) is 0 Å². The van der Waals surface area contributed by atoms with Crippen molar-refractivity contribution in [3.05, 3.63) is 47.4 Å². The van der Waals surface area contributed by atoms with E-state index >= 15 is 0 Å². The Morgan fingerprint density at radius 3 is 2.56 bits per heavy atom. The molecule has 0 aromatic carbocycles. The summed E-state index contributed by atoms with van der Waals surface area (Å²) in [5.41, 5.74) is 0.771. The number of ketones is 1. The van der Waals surface area contributed by atoms with E-state index in [1.54, 1.807) is 27.0 Å². The van der Waals surface area contributed by atoms with E-state index in [2.05, 4.69) is 17.2 Å². The molecular weight excluding hydrogens is 350 g/mol. The number of rotatable bonds is 8. The Morgan fingerprint density at radius 2 is 2.07 bits per heavy atom. The molecule has 2 rings (SSSR count). The van der Waals surface area contributed by atoms with E-state index in [1.165, 1.54) is 23.9 Å². The molecule has 0 bridgehead atoms. The summed E-state index contributed by atoms with van der Waals surface area (Å²) in [6.07, 6.45) is 4.71. The number of ether oxygens (including phenoxy) is 2. The molecule has 2 heterocycles. The van der Waals surface area contributed by atoms with Gasteiger partial charge in [-0.25, -0.2) is 0 Å². The molecule has 0 atom stereocenters. The van der Waals surface area contributed by atoms with Crippen LogP contribution in [0.25, 0.3) is 0 Å². The molecule has 0 aliphatic carbocycles. The van der Waals surface area contributed by atoms with Crippen LogP contribution in [0.1, 0.15) is 33.3 Å². The van der Waals surface area contributed by atoms with Crippen molar-refractivity contribution in [1.29, 1.82) is 0 Å². The predicted molar refractivity (Wildman–Crippen MR) is 99.5 cm³/mol. The maximum Gasteiger partial charge on any atom is 0.293 e. The van der Waals surface area contributed by atoms with Crippen LogP contribution in [0.2, 0.25) is 0 Å². The maximum atomic E-state index is 12.6. The van der Waals surface area contributed by atoms with Gasteiger partial charge >= 0.3 is 0 Å². The highest BCUT2D eigenvalue weighted by Crippen LogP contribution is 2.20. The fourth-order valence-corrected chi connectivity index (χ4v) is 2.97. The van der Waals surface area contributed by atoms with Crippen molar-refractivity contribution in [3.8, 4) is 0 Å². The number of carbonyl (C=O) groups excluding carboxylic acids is 3. The standard InChI is InChI=1S/C19H25N3O5/c1-6-13(7-2)20-17(24)15-12(3)14(8-22(15)4)16(23)18(25)21-19(9-26-5)10-27-11-19/h6-8H,1,9-11H2,2-5H3,(H,20,24)(H,21,25)/b13-7+. The molecule has 0 unspecified atom stereocenters. The first kappa shape index (κ1) is 20.6. The minimum atomic E-state index is -0.753. The van der Waals surface area contributed by atoms with E-state index in [1.807, 2.05) is 0 Å². The third kappa shape index (κ3) is 4.17. The van der Waals surface area contributed by atoms with Crippen molar-refractivity contribution in [2.45, 2.75) is 19.4 Å². The van der Waals surface area contributed by atoms with Gasteiger partial charge in [0.2, 0.25) is 0 Å². The summed E-state index contributed by atoms with van der Waals surface area (Å²) in [6, 6.07) is 0. The average molecular weight is 375 g/mol. The number of aromatic nitrogens is 1. The van der Waals surface area contributed by atoms with Gasteiger partial charge in [0.15, 0.2) is 0 Å². The van der Waals surface area contributed by atoms with E-state index in [-0.39, 0.29) is 31.3 Å². The molecule has 2 amide bonds. The zero-order valence-electron chi connectivity index (χ0n) is 16.0. The second-order valence-electron chi connectivity index (χ2n) is 6.52. The first-order chi connectivity index (χ1) is 12.8. The smallest absolute Gasteiger partial charge is 0.293 e. The summed E-state index contributed by atoms with van der Waals surface area (Å²) in [5.74, 6) is -1.85. The maximum absolute atomic E-state index is 12.6. The molecule has 8 heteroatoms. The summed E-state index contributed by atoms with van der Waals surface area (Å²) in [5, 5.41) is 5.40. The van der Waals surface area contributed by atoms with E-state index in [9.17, 15) is 14.4 Å². The topological polar surface area (TPSA) is 98.7 Å². The molecule has 0 radical (unpaired) electrons. The third-order valence-electron chi connectivity index (χ3n) is 4.45. The first-order valence-electron chi connectivity index (χ1n) is 8.48. The van der Waals surface area contributed by atoms with Crippen molar-refractivity contribution < 1.29 is 23.9 Å². The van der Waals surface area contributed by atoms with Crippen molar-refractivity contribution in [2.24, 2.45) is 7.05 Å². The van der Waals surface area contributed by atoms with Gasteiger partial charge in [0.05, 0.1) is 19.8 Å². The monoisotopic (exact) mass is 375 g/mol. The van der Waals surface area contributed by atoms with Crippen LogP contribution in [-0.2, 0) is 21.3 Å². The lowest BCUT2D eigenvalue weighted by atomic mass is 9.97. The Labute approximate surface area is 158 Å². The summed E-state index contributed by atoms with van der Waals surface area (Å²) in [7, 11) is 3.16. The van der Waals surface area contributed by atoms with E-state index in [0.717, 1.165) is 0 Å².